The summed E-state index contributed by atoms with van der Waals surface area (Å²) in [5, 5.41) is 2.63. The lowest BCUT2D eigenvalue weighted by Gasteiger charge is -2.30. The number of anilines is 1. The van der Waals surface area contributed by atoms with Crippen molar-refractivity contribution in [1.82, 2.24) is 9.62 Å². The third kappa shape index (κ3) is 6.44. The van der Waals surface area contributed by atoms with Gasteiger partial charge in [0.25, 0.3) is 0 Å². The second-order valence-electron chi connectivity index (χ2n) is 6.62. The molecular formula is C21H29N3O3S. The van der Waals surface area contributed by atoms with E-state index in [1.165, 1.54) is 24.6 Å². The Hall–Kier alpha value is -2.22. The number of benzene rings is 2. The van der Waals surface area contributed by atoms with Crippen LogP contribution in [0.5, 0.6) is 0 Å². The number of carbonyl (C=O) groups is 1. The molecular weight excluding hydrogens is 374 g/mol. The molecule has 152 valence electrons. The van der Waals surface area contributed by atoms with Crippen LogP contribution in [0.3, 0.4) is 0 Å². The minimum Gasteiger partial charge on any atom is -0.326 e. The monoisotopic (exact) mass is 403 g/mol. The summed E-state index contributed by atoms with van der Waals surface area (Å²) in [6.45, 7) is 7.59. The summed E-state index contributed by atoms with van der Waals surface area (Å²) >= 11 is 0. The van der Waals surface area contributed by atoms with Crippen LogP contribution in [-0.2, 0) is 21.2 Å². The maximum Gasteiger partial charge on any atom is 0.240 e. The van der Waals surface area contributed by atoms with Gasteiger partial charge in [-0.05, 0) is 49.3 Å². The summed E-state index contributed by atoms with van der Waals surface area (Å²) < 4.78 is 28.2. The maximum atomic E-state index is 12.7. The highest BCUT2D eigenvalue weighted by molar-refractivity contribution is 7.89. The Labute approximate surface area is 168 Å². The lowest BCUT2D eigenvalue weighted by Crippen LogP contribution is -2.45. The molecule has 0 aliphatic rings. The normalized spacial score (nSPS) is 12.7. The predicted octanol–water partition coefficient (Wildman–Crippen LogP) is 2.88. The van der Waals surface area contributed by atoms with Crippen LogP contribution >= 0.6 is 0 Å². The molecule has 0 unspecified atom stereocenters. The number of rotatable bonds is 10. The largest absolute Gasteiger partial charge is 0.326 e. The van der Waals surface area contributed by atoms with Crippen molar-refractivity contribution < 1.29 is 13.2 Å². The zero-order chi connectivity index (χ0) is 20.6. The van der Waals surface area contributed by atoms with E-state index in [9.17, 15) is 13.2 Å². The molecule has 0 aliphatic carbocycles. The summed E-state index contributed by atoms with van der Waals surface area (Å²) in [4.78, 5) is 13.5. The van der Waals surface area contributed by atoms with Gasteiger partial charge in [-0.1, -0.05) is 44.2 Å². The molecule has 6 nitrogen and oxygen atoms in total. The first kappa shape index (κ1) is 22.1. The minimum atomic E-state index is -3.63. The highest BCUT2D eigenvalue weighted by atomic mass is 32.2. The summed E-state index contributed by atoms with van der Waals surface area (Å²) in [5.74, 6) is -0.197. The molecule has 0 saturated carbocycles. The standard InChI is InChI=1S/C21H29N3O3S/c1-4-24(5-2)20(15-18-9-7-6-8-10-18)16-22-28(26,27)21-13-11-19(12-14-21)23-17(3)25/h6-14,20,22H,4-5,15-16H2,1-3H3,(H,23,25)/t20-/m0/s1. The maximum absolute atomic E-state index is 12.7. The molecule has 7 heteroatoms. The van der Waals surface area contributed by atoms with E-state index in [2.05, 4.69) is 40.9 Å². The number of sulfonamides is 1. The lowest BCUT2D eigenvalue weighted by atomic mass is 10.0. The van der Waals surface area contributed by atoms with Gasteiger partial charge in [0.1, 0.15) is 0 Å². The Morgan fingerprint density at radius 3 is 2.14 bits per heavy atom. The van der Waals surface area contributed by atoms with E-state index in [0.29, 0.717) is 12.2 Å². The van der Waals surface area contributed by atoms with Crippen molar-refractivity contribution in [2.75, 3.05) is 25.0 Å². The zero-order valence-electron chi connectivity index (χ0n) is 16.7. The van der Waals surface area contributed by atoms with Crippen LogP contribution < -0.4 is 10.0 Å². The summed E-state index contributed by atoms with van der Waals surface area (Å²) in [5.41, 5.74) is 1.75. The van der Waals surface area contributed by atoms with Gasteiger partial charge in [-0.3, -0.25) is 9.69 Å². The van der Waals surface area contributed by atoms with Crippen molar-refractivity contribution in [3.8, 4) is 0 Å². The highest BCUT2D eigenvalue weighted by Crippen LogP contribution is 2.15. The SMILES string of the molecule is CCN(CC)[C@H](CNS(=O)(=O)c1ccc(NC(C)=O)cc1)Cc1ccccc1. The molecule has 0 saturated heterocycles. The third-order valence-electron chi connectivity index (χ3n) is 4.64. The number of amides is 1. The van der Waals surface area contributed by atoms with Gasteiger partial charge in [0, 0.05) is 25.2 Å². The number of nitrogens with zero attached hydrogens (tertiary/aromatic N) is 1. The molecule has 28 heavy (non-hydrogen) atoms. The first-order valence-corrected chi connectivity index (χ1v) is 11.0. The van der Waals surface area contributed by atoms with E-state index in [4.69, 9.17) is 0 Å². The van der Waals surface area contributed by atoms with E-state index in [1.807, 2.05) is 18.2 Å². The van der Waals surface area contributed by atoms with E-state index in [1.54, 1.807) is 12.1 Å². The molecule has 0 heterocycles. The van der Waals surface area contributed by atoms with Gasteiger partial charge in [0.15, 0.2) is 0 Å². The van der Waals surface area contributed by atoms with Gasteiger partial charge in [-0.25, -0.2) is 13.1 Å². The molecule has 2 rings (SSSR count). The summed E-state index contributed by atoms with van der Waals surface area (Å²) in [6, 6.07) is 16.3. The van der Waals surface area contributed by atoms with Crippen molar-refractivity contribution in [2.24, 2.45) is 0 Å². The van der Waals surface area contributed by atoms with Crippen LogP contribution in [0.25, 0.3) is 0 Å². The first-order valence-electron chi connectivity index (χ1n) is 9.51. The van der Waals surface area contributed by atoms with Crippen LogP contribution in [-0.4, -0.2) is 44.9 Å². The van der Waals surface area contributed by atoms with Crippen LogP contribution in [0.2, 0.25) is 0 Å². The van der Waals surface area contributed by atoms with Crippen molar-refractivity contribution in [3.05, 3.63) is 60.2 Å². The minimum absolute atomic E-state index is 0.0610. The van der Waals surface area contributed by atoms with Gasteiger partial charge in [0.05, 0.1) is 4.90 Å². The molecule has 1 atom stereocenters. The number of carbonyl (C=O) groups excluding carboxylic acids is 1. The third-order valence-corrected chi connectivity index (χ3v) is 6.08. The second kappa shape index (κ2) is 10.4. The molecule has 2 N–H and O–H groups in total. The Bertz CT molecular complexity index is 848. The Morgan fingerprint density at radius 1 is 1.00 bits per heavy atom. The van der Waals surface area contributed by atoms with E-state index in [0.717, 1.165) is 19.5 Å². The van der Waals surface area contributed by atoms with Gasteiger partial charge in [-0.2, -0.15) is 0 Å². The molecule has 0 bridgehead atoms. The zero-order valence-corrected chi connectivity index (χ0v) is 17.5. The van der Waals surface area contributed by atoms with Crippen LogP contribution in [0.4, 0.5) is 5.69 Å². The van der Waals surface area contributed by atoms with E-state index in [-0.39, 0.29) is 16.8 Å². The molecule has 1 amide bonds. The first-order chi connectivity index (χ1) is 13.4. The van der Waals surface area contributed by atoms with Gasteiger partial charge in [-0.15, -0.1) is 0 Å². The fourth-order valence-corrected chi connectivity index (χ4v) is 4.24. The van der Waals surface area contributed by atoms with Crippen LogP contribution in [0.1, 0.15) is 26.3 Å². The van der Waals surface area contributed by atoms with Gasteiger partial charge < -0.3 is 5.32 Å². The molecule has 2 aromatic carbocycles. The topological polar surface area (TPSA) is 78.5 Å². The summed E-state index contributed by atoms with van der Waals surface area (Å²) in [7, 11) is -3.63. The average Bonchev–Trinajstić information content (AvgIpc) is 2.67. The summed E-state index contributed by atoms with van der Waals surface area (Å²) in [6.07, 6.45) is 0.770. The molecule has 0 aromatic heterocycles. The fourth-order valence-electron chi connectivity index (χ4n) is 3.17. The van der Waals surface area contributed by atoms with Crippen LogP contribution in [0.15, 0.2) is 59.5 Å². The molecule has 0 aliphatic heterocycles. The molecule has 0 radical (unpaired) electrons. The number of hydrogen-bond donors (Lipinski definition) is 2. The average molecular weight is 404 g/mol. The Kier molecular flexibility index (Phi) is 8.17. The van der Waals surface area contributed by atoms with E-state index >= 15 is 0 Å². The fraction of sp³-hybridized carbons (Fsp3) is 0.381. The Morgan fingerprint density at radius 2 is 1.61 bits per heavy atom. The smallest absolute Gasteiger partial charge is 0.240 e. The highest BCUT2D eigenvalue weighted by Gasteiger charge is 2.21. The second-order valence-corrected chi connectivity index (χ2v) is 8.39. The number of likely N-dealkylation sites (N-methyl/N-ethyl adjacent to an activating group) is 1. The quantitative estimate of drug-likeness (QED) is 0.639. The lowest BCUT2D eigenvalue weighted by molar-refractivity contribution is -0.114. The number of hydrogen-bond acceptors (Lipinski definition) is 4. The van der Waals surface area contributed by atoms with Gasteiger partial charge in [0.2, 0.25) is 15.9 Å². The van der Waals surface area contributed by atoms with E-state index < -0.39 is 10.0 Å². The van der Waals surface area contributed by atoms with Gasteiger partial charge >= 0.3 is 0 Å². The Balaban J connectivity index is 2.10. The predicted molar refractivity (Wildman–Crippen MR) is 113 cm³/mol. The molecule has 2 aromatic rings. The van der Waals surface area contributed by atoms with Crippen molar-refractivity contribution in [2.45, 2.75) is 38.1 Å². The van der Waals surface area contributed by atoms with Crippen molar-refractivity contribution in [3.63, 3.8) is 0 Å². The van der Waals surface area contributed by atoms with Crippen molar-refractivity contribution in [1.29, 1.82) is 0 Å². The number of nitrogens with one attached hydrogen (secondary N) is 2. The van der Waals surface area contributed by atoms with Crippen molar-refractivity contribution >= 4 is 21.6 Å². The molecule has 0 spiro atoms. The molecule has 0 fully saturated rings. The van der Waals surface area contributed by atoms with Crippen LogP contribution in [0, 0.1) is 0 Å².